The number of aliphatic imine (C=N–C) groups is 1. The number of carbonyl (C=O) groups excluding carboxylic acids is 1. The van der Waals surface area contributed by atoms with E-state index in [-0.39, 0.29) is 5.91 Å². The van der Waals surface area contributed by atoms with Gasteiger partial charge >= 0.3 is 0 Å². The van der Waals surface area contributed by atoms with Gasteiger partial charge in [-0.2, -0.15) is 0 Å². The van der Waals surface area contributed by atoms with Gasteiger partial charge in [0.1, 0.15) is 0 Å². The number of carbonyl (C=O) groups is 1. The van der Waals surface area contributed by atoms with Crippen LogP contribution in [0, 0.1) is 0 Å². The second-order valence-electron chi connectivity index (χ2n) is 6.09. The molecule has 2 aromatic rings. The van der Waals surface area contributed by atoms with Crippen LogP contribution in [0.15, 0.2) is 46.4 Å². The molecule has 26 heavy (non-hydrogen) atoms. The van der Waals surface area contributed by atoms with Crippen LogP contribution in [-0.4, -0.2) is 55.2 Å². The van der Waals surface area contributed by atoms with Gasteiger partial charge in [0.05, 0.1) is 15.5 Å². The summed E-state index contributed by atoms with van der Waals surface area (Å²) in [6, 6.07) is 9.58. The first-order valence-corrected chi connectivity index (χ1v) is 9.81. The maximum Gasteiger partial charge on any atom is 0.264 e. The molecule has 3 rings (SSSR count). The van der Waals surface area contributed by atoms with E-state index in [0.717, 1.165) is 28.8 Å². The average molecular weight is 388 g/mol. The molecule has 0 spiro atoms. The van der Waals surface area contributed by atoms with Gasteiger partial charge in [-0.1, -0.05) is 29.5 Å². The van der Waals surface area contributed by atoms with E-state index in [2.05, 4.69) is 39.2 Å². The summed E-state index contributed by atoms with van der Waals surface area (Å²) in [5, 5.41) is 4.35. The summed E-state index contributed by atoms with van der Waals surface area (Å²) in [6.45, 7) is 1.86. The Labute approximate surface area is 161 Å². The standard InChI is InChI=1S/C18H21N5OS2/c1-22(2)9-10-23(3)18-19-12-14(25-18)11-15-16(24)21-17(26-15)20-13-7-5-4-6-8-13/h4-8,11-12H,9-10H2,1-3H3,(H,20,21,24). The average Bonchev–Trinajstić information content (AvgIpc) is 3.21. The van der Waals surface area contributed by atoms with Gasteiger partial charge in [-0.3, -0.25) is 4.79 Å². The summed E-state index contributed by atoms with van der Waals surface area (Å²) in [6.07, 6.45) is 3.67. The molecule has 0 bridgehead atoms. The summed E-state index contributed by atoms with van der Waals surface area (Å²) in [5.41, 5.74) is 0.819. The molecule has 0 saturated carbocycles. The molecule has 1 aliphatic rings. The Balaban J connectivity index is 1.69. The van der Waals surface area contributed by atoms with Crippen LogP contribution in [0.3, 0.4) is 0 Å². The SMILES string of the molecule is CN(C)CCN(C)c1ncc(C=C2SC(=Nc3ccccc3)NC2=O)s1. The predicted octanol–water partition coefficient (Wildman–Crippen LogP) is 3.03. The monoisotopic (exact) mass is 387 g/mol. The van der Waals surface area contributed by atoms with Crippen molar-refractivity contribution in [2.75, 3.05) is 39.1 Å². The molecule has 0 atom stereocenters. The van der Waals surface area contributed by atoms with Crippen LogP contribution in [0.2, 0.25) is 0 Å². The van der Waals surface area contributed by atoms with Crippen LogP contribution in [0.4, 0.5) is 10.8 Å². The number of likely N-dealkylation sites (N-methyl/N-ethyl adjacent to an activating group) is 2. The minimum Gasteiger partial charge on any atom is -0.350 e. The Morgan fingerprint density at radius 1 is 1.19 bits per heavy atom. The second-order valence-corrected chi connectivity index (χ2v) is 8.16. The quantitative estimate of drug-likeness (QED) is 0.772. The van der Waals surface area contributed by atoms with E-state index in [4.69, 9.17) is 0 Å². The van der Waals surface area contributed by atoms with Crippen LogP contribution >= 0.6 is 23.1 Å². The van der Waals surface area contributed by atoms with E-state index < -0.39 is 0 Å². The van der Waals surface area contributed by atoms with E-state index in [9.17, 15) is 4.79 Å². The summed E-state index contributed by atoms with van der Waals surface area (Å²) in [5.74, 6) is -0.124. The van der Waals surface area contributed by atoms with Gasteiger partial charge in [-0.25, -0.2) is 9.98 Å². The summed E-state index contributed by atoms with van der Waals surface area (Å²) >= 11 is 2.92. The number of hydrogen-bond acceptors (Lipinski definition) is 7. The molecule has 1 fully saturated rings. The van der Waals surface area contributed by atoms with Gasteiger partial charge in [-0.15, -0.1) is 0 Å². The molecule has 8 heteroatoms. The number of amides is 1. The highest BCUT2D eigenvalue weighted by Gasteiger charge is 2.24. The highest BCUT2D eigenvalue weighted by molar-refractivity contribution is 8.18. The molecule has 1 aromatic carbocycles. The molecule has 1 N–H and O–H groups in total. The summed E-state index contributed by atoms with van der Waals surface area (Å²) < 4.78 is 0. The van der Waals surface area contributed by atoms with E-state index in [1.165, 1.54) is 11.8 Å². The zero-order valence-electron chi connectivity index (χ0n) is 15.0. The minimum absolute atomic E-state index is 0.124. The van der Waals surface area contributed by atoms with Crippen molar-refractivity contribution in [2.24, 2.45) is 4.99 Å². The molecule has 1 amide bonds. The van der Waals surface area contributed by atoms with E-state index in [1.807, 2.05) is 43.5 Å². The van der Waals surface area contributed by atoms with Crippen molar-refractivity contribution in [2.45, 2.75) is 0 Å². The molecule has 1 saturated heterocycles. The minimum atomic E-state index is -0.124. The Morgan fingerprint density at radius 2 is 1.96 bits per heavy atom. The van der Waals surface area contributed by atoms with Gasteiger partial charge in [0, 0.05) is 26.3 Å². The lowest BCUT2D eigenvalue weighted by Crippen LogP contribution is -2.28. The highest BCUT2D eigenvalue weighted by atomic mass is 32.2. The van der Waals surface area contributed by atoms with Gasteiger partial charge in [0.15, 0.2) is 10.3 Å². The second kappa shape index (κ2) is 8.48. The Kier molecular flexibility index (Phi) is 6.08. The Bertz CT molecular complexity index is 829. The molecule has 0 unspecified atom stereocenters. The number of rotatable bonds is 6. The van der Waals surface area contributed by atoms with Crippen molar-refractivity contribution < 1.29 is 4.79 Å². The first kappa shape index (κ1) is 18.6. The van der Waals surface area contributed by atoms with Crippen LogP contribution in [0.1, 0.15) is 4.88 Å². The summed E-state index contributed by atoms with van der Waals surface area (Å²) in [7, 11) is 6.13. The maximum atomic E-state index is 12.2. The normalized spacial score (nSPS) is 17.3. The molecule has 1 aliphatic heterocycles. The van der Waals surface area contributed by atoms with Gasteiger partial charge in [0.2, 0.25) is 0 Å². The molecular weight excluding hydrogens is 366 g/mol. The number of hydrogen-bond donors (Lipinski definition) is 1. The molecule has 1 aromatic heterocycles. The summed E-state index contributed by atoms with van der Waals surface area (Å²) in [4.78, 5) is 26.9. The van der Waals surface area contributed by atoms with Crippen molar-refractivity contribution >= 4 is 51.1 Å². The number of nitrogens with one attached hydrogen (secondary N) is 1. The third-order valence-electron chi connectivity index (χ3n) is 3.63. The van der Waals surface area contributed by atoms with Crippen LogP contribution in [0.25, 0.3) is 6.08 Å². The first-order chi connectivity index (χ1) is 12.5. The fourth-order valence-corrected chi connectivity index (χ4v) is 3.95. The number of para-hydroxylation sites is 1. The smallest absolute Gasteiger partial charge is 0.264 e. The number of thiazole rings is 1. The van der Waals surface area contributed by atoms with Gasteiger partial charge in [0.25, 0.3) is 5.91 Å². The van der Waals surface area contributed by atoms with Crippen molar-refractivity contribution in [1.29, 1.82) is 0 Å². The predicted molar refractivity (Wildman–Crippen MR) is 111 cm³/mol. The van der Waals surface area contributed by atoms with Crippen LogP contribution in [-0.2, 0) is 4.79 Å². The first-order valence-electron chi connectivity index (χ1n) is 8.17. The van der Waals surface area contributed by atoms with E-state index >= 15 is 0 Å². The molecule has 2 heterocycles. The fourth-order valence-electron chi connectivity index (χ4n) is 2.20. The molecule has 6 nitrogen and oxygen atoms in total. The lowest BCUT2D eigenvalue weighted by Gasteiger charge is -2.18. The molecule has 136 valence electrons. The highest BCUT2D eigenvalue weighted by Crippen LogP contribution is 2.30. The van der Waals surface area contributed by atoms with Crippen LogP contribution in [0.5, 0.6) is 0 Å². The molecular formula is C18H21N5OS2. The number of aromatic nitrogens is 1. The number of benzene rings is 1. The lowest BCUT2D eigenvalue weighted by atomic mass is 10.3. The molecule has 0 aliphatic carbocycles. The van der Waals surface area contributed by atoms with Crippen LogP contribution < -0.4 is 10.2 Å². The zero-order chi connectivity index (χ0) is 18.5. The maximum absolute atomic E-state index is 12.2. The Morgan fingerprint density at radius 3 is 2.69 bits per heavy atom. The lowest BCUT2D eigenvalue weighted by molar-refractivity contribution is -0.115. The number of amidine groups is 1. The third-order valence-corrected chi connectivity index (χ3v) is 5.60. The van der Waals surface area contributed by atoms with Gasteiger partial charge < -0.3 is 15.1 Å². The number of nitrogens with zero attached hydrogens (tertiary/aromatic N) is 4. The van der Waals surface area contributed by atoms with Crippen molar-refractivity contribution in [3.63, 3.8) is 0 Å². The van der Waals surface area contributed by atoms with Crippen molar-refractivity contribution in [3.05, 3.63) is 46.3 Å². The largest absolute Gasteiger partial charge is 0.350 e. The van der Waals surface area contributed by atoms with Crippen molar-refractivity contribution in [3.8, 4) is 0 Å². The van der Waals surface area contributed by atoms with Crippen molar-refractivity contribution in [1.82, 2.24) is 15.2 Å². The van der Waals surface area contributed by atoms with Gasteiger partial charge in [-0.05, 0) is 44.1 Å². The van der Waals surface area contributed by atoms with E-state index in [0.29, 0.717) is 10.1 Å². The number of anilines is 1. The zero-order valence-corrected chi connectivity index (χ0v) is 16.6. The third kappa shape index (κ3) is 4.94. The Hall–Kier alpha value is -2.16. The fraction of sp³-hybridized carbons (Fsp3) is 0.278. The van der Waals surface area contributed by atoms with E-state index in [1.54, 1.807) is 17.5 Å². The molecule has 0 radical (unpaired) electrons. The topological polar surface area (TPSA) is 60.8 Å². The number of thioether (sulfide) groups is 1.